The van der Waals surface area contributed by atoms with Crippen molar-refractivity contribution in [2.45, 2.75) is 37.8 Å². The number of aliphatic hydroxyl groups excluding tert-OH is 1. The molecule has 5 heteroatoms. The van der Waals surface area contributed by atoms with E-state index in [0.29, 0.717) is 12.0 Å². The predicted molar refractivity (Wildman–Crippen MR) is 104 cm³/mol. The zero-order valence-corrected chi connectivity index (χ0v) is 15.6. The Morgan fingerprint density at radius 1 is 1.26 bits per heavy atom. The topological polar surface area (TPSA) is 81.8 Å². The van der Waals surface area contributed by atoms with Gasteiger partial charge in [-0.05, 0) is 67.0 Å². The number of hydrogen-bond donors (Lipinski definition) is 2. The summed E-state index contributed by atoms with van der Waals surface area (Å²) >= 11 is 0. The van der Waals surface area contributed by atoms with Gasteiger partial charge in [0.2, 0.25) is 0 Å². The molecule has 0 bridgehead atoms. The van der Waals surface area contributed by atoms with Crippen LogP contribution in [0.4, 0.5) is 0 Å². The maximum absolute atomic E-state index is 11.9. The Morgan fingerprint density at radius 2 is 2.04 bits per heavy atom. The molecule has 0 saturated heterocycles. The van der Waals surface area contributed by atoms with Gasteiger partial charge in [-0.25, -0.2) is 4.79 Å². The van der Waals surface area contributed by atoms with Gasteiger partial charge in [-0.2, -0.15) is 0 Å². The van der Waals surface area contributed by atoms with Crippen molar-refractivity contribution < 1.29 is 19.4 Å². The summed E-state index contributed by atoms with van der Waals surface area (Å²) in [7, 11) is 1.37. The van der Waals surface area contributed by atoms with Crippen LogP contribution >= 0.6 is 0 Å². The molecule has 0 saturated carbocycles. The molecule has 1 aliphatic rings. The van der Waals surface area contributed by atoms with Crippen LogP contribution < -0.4 is 10.5 Å². The summed E-state index contributed by atoms with van der Waals surface area (Å²) in [4.78, 5) is 11.9. The van der Waals surface area contributed by atoms with Gasteiger partial charge in [0.05, 0.1) is 18.8 Å². The van der Waals surface area contributed by atoms with E-state index in [2.05, 4.69) is 0 Å². The SMILES string of the molecule is COC(=O)c1ccc2c(c1)C(N)C(C[C@H](O)COc1ccccc1)CCC2. The minimum atomic E-state index is -0.591. The van der Waals surface area contributed by atoms with Gasteiger partial charge < -0.3 is 20.3 Å². The van der Waals surface area contributed by atoms with E-state index in [4.69, 9.17) is 15.2 Å². The van der Waals surface area contributed by atoms with Gasteiger partial charge in [-0.3, -0.25) is 0 Å². The van der Waals surface area contributed by atoms with E-state index < -0.39 is 6.10 Å². The highest BCUT2D eigenvalue weighted by Gasteiger charge is 2.28. The zero-order valence-electron chi connectivity index (χ0n) is 15.6. The molecule has 0 spiro atoms. The molecule has 0 heterocycles. The van der Waals surface area contributed by atoms with E-state index in [1.54, 1.807) is 6.07 Å². The second kappa shape index (κ2) is 9.02. The standard InChI is InChI=1S/C22H27NO4/c1-26-22(25)17-11-10-15-6-5-7-16(21(23)20(15)13-17)12-18(24)14-27-19-8-3-2-4-9-19/h2-4,8-11,13,16,18,21,24H,5-7,12,14,23H2,1H3/t16?,18-,21?/m0/s1. The Balaban J connectivity index is 1.67. The summed E-state index contributed by atoms with van der Waals surface area (Å²) in [6.45, 7) is 0.238. The molecule has 2 aromatic carbocycles. The summed E-state index contributed by atoms with van der Waals surface area (Å²) in [5.74, 6) is 0.519. The molecule has 5 nitrogen and oxygen atoms in total. The monoisotopic (exact) mass is 369 g/mol. The quantitative estimate of drug-likeness (QED) is 0.603. The molecule has 1 aliphatic carbocycles. The molecule has 0 fully saturated rings. The lowest BCUT2D eigenvalue weighted by molar-refractivity contribution is 0.0600. The molecule has 27 heavy (non-hydrogen) atoms. The van der Waals surface area contributed by atoms with Crippen LogP contribution in [0, 0.1) is 5.92 Å². The number of aliphatic hydroxyl groups is 1. The van der Waals surface area contributed by atoms with Crippen LogP contribution in [-0.2, 0) is 11.2 Å². The Bertz CT molecular complexity index is 762. The number of benzene rings is 2. The third-order valence-electron chi connectivity index (χ3n) is 5.22. The molecule has 3 N–H and O–H groups in total. The van der Waals surface area contributed by atoms with E-state index in [-0.39, 0.29) is 24.5 Å². The number of nitrogens with two attached hydrogens (primary N) is 1. The highest BCUT2D eigenvalue weighted by atomic mass is 16.5. The number of aryl methyl sites for hydroxylation is 1. The third-order valence-corrected chi connectivity index (χ3v) is 5.22. The molecule has 3 rings (SSSR count). The molecule has 0 radical (unpaired) electrons. The Morgan fingerprint density at radius 3 is 2.78 bits per heavy atom. The number of carbonyl (C=O) groups is 1. The first-order valence-electron chi connectivity index (χ1n) is 9.41. The normalized spacial score (nSPS) is 20.3. The fourth-order valence-corrected chi connectivity index (χ4v) is 3.76. The van der Waals surface area contributed by atoms with E-state index >= 15 is 0 Å². The second-order valence-corrected chi connectivity index (χ2v) is 7.10. The average Bonchev–Trinajstić information content (AvgIpc) is 2.85. The van der Waals surface area contributed by atoms with Crippen molar-refractivity contribution in [1.82, 2.24) is 0 Å². The van der Waals surface area contributed by atoms with E-state index in [9.17, 15) is 9.90 Å². The van der Waals surface area contributed by atoms with Crippen LogP contribution in [0.3, 0.4) is 0 Å². The highest BCUT2D eigenvalue weighted by Crippen LogP contribution is 2.35. The minimum absolute atomic E-state index is 0.133. The van der Waals surface area contributed by atoms with E-state index in [1.165, 1.54) is 12.7 Å². The molecule has 0 aromatic heterocycles. The van der Waals surface area contributed by atoms with Gasteiger partial charge in [-0.1, -0.05) is 24.3 Å². The molecule has 3 atom stereocenters. The molecule has 144 valence electrons. The summed E-state index contributed by atoms with van der Waals surface area (Å²) in [6.07, 6.45) is 2.85. The molecular weight excluding hydrogens is 342 g/mol. The third kappa shape index (κ3) is 4.87. The number of ether oxygens (including phenoxy) is 2. The lowest BCUT2D eigenvalue weighted by Crippen LogP contribution is -2.28. The Hall–Kier alpha value is -2.37. The zero-order chi connectivity index (χ0) is 19.2. The number of rotatable bonds is 6. The first kappa shape index (κ1) is 19.4. The number of carbonyl (C=O) groups excluding carboxylic acids is 1. The Kier molecular flexibility index (Phi) is 6.48. The first-order valence-corrected chi connectivity index (χ1v) is 9.41. The van der Waals surface area contributed by atoms with Crippen LogP contribution in [0.15, 0.2) is 48.5 Å². The fourth-order valence-electron chi connectivity index (χ4n) is 3.76. The van der Waals surface area contributed by atoms with Crippen molar-refractivity contribution in [1.29, 1.82) is 0 Å². The van der Waals surface area contributed by atoms with Crippen LogP contribution in [0.1, 0.15) is 46.8 Å². The maximum Gasteiger partial charge on any atom is 0.337 e. The lowest BCUT2D eigenvalue weighted by Gasteiger charge is -2.25. The predicted octanol–water partition coefficient (Wildman–Crippen LogP) is 3.26. The van der Waals surface area contributed by atoms with Crippen LogP contribution in [0.2, 0.25) is 0 Å². The van der Waals surface area contributed by atoms with Crippen molar-refractivity contribution >= 4 is 5.97 Å². The van der Waals surface area contributed by atoms with Crippen molar-refractivity contribution in [3.63, 3.8) is 0 Å². The van der Waals surface area contributed by atoms with Crippen molar-refractivity contribution in [3.8, 4) is 5.75 Å². The average molecular weight is 369 g/mol. The summed E-state index contributed by atoms with van der Waals surface area (Å²) in [5.41, 5.74) is 9.22. The fraction of sp³-hybridized carbons (Fsp3) is 0.409. The lowest BCUT2D eigenvalue weighted by atomic mass is 9.86. The van der Waals surface area contributed by atoms with Gasteiger partial charge >= 0.3 is 5.97 Å². The van der Waals surface area contributed by atoms with Crippen molar-refractivity contribution in [2.24, 2.45) is 11.7 Å². The van der Waals surface area contributed by atoms with Crippen LogP contribution in [0.5, 0.6) is 5.75 Å². The van der Waals surface area contributed by atoms with Gasteiger partial charge in [0, 0.05) is 6.04 Å². The highest BCUT2D eigenvalue weighted by molar-refractivity contribution is 5.89. The molecule has 2 aromatic rings. The second-order valence-electron chi connectivity index (χ2n) is 7.10. The first-order chi connectivity index (χ1) is 13.1. The minimum Gasteiger partial charge on any atom is -0.491 e. The summed E-state index contributed by atoms with van der Waals surface area (Å²) in [6, 6.07) is 14.9. The van der Waals surface area contributed by atoms with Gasteiger partial charge in [0.15, 0.2) is 0 Å². The molecule has 0 amide bonds. The van der Waals surface area contributed by atoms with E-state index in [1.807, 2.05) is 42.5 Å². The largest absolute Gasteiger partial charge is 0.491 e. The number of fused-ring (bicyclic) bond motifs is 1. The van der Waals surface area contributed by atoms with Crippen molar-refractivity contribution in [3.05, 3.63) is 65.2 Å². The maximum atomic E-state index is 11.9. The van der Waals surface area contributed by atoms with Crippen LogP contribution in [-0.4, -0.2) is 30.9 Å². The smallest absolute Gasteiger partial charge is 0.337 e. The van der Waals surface area contributed by atoms with E-state index in [0.717, 1.165) is 30.6 Å². The summed E-state index contributed by atoms with van der Waals surface area (Å²) < 4.78 is 10.5. The molecule has 0 aliphatic heterocycles. The number of esters is 1. The van der Waals surface area contributed by atoms with Crippen molar-refractivity contribution in [2.75, 3.05) is 13.7 Å². The van der Waals surface area contributed by atoms with Gasteiger partial charge in [0.1, 0.15) is 12.4 Å². The number of para-hydroxylation sites is 1. The van der Waals surface area contributed by atoms with Crippen LogP contribution in [0.25, 0.3) is 0 Å². The van der Waals surface area contributed by atoms with Gasteiger partial charge in [-0.15, -0.1) is 0 Å². The Labute approximate surface area is 160 Å². The molecular formula is C22H27NO4. The van der Waals surface area contributed by atoms with Gasteiger partial charge in [0.25, 0.3) is 0 Å². The molecule has 2 unspecified atom stereocenters. The number of methoxy groups -OCH3 is 1. The summed E-state index contributed by atoms with van der Waals surface area (Å²) in [5, 5.41) is 10.4. The number of hydrogen-bond acceptors (Lipinski definition) is 5.